The maximum absolute atomic E-state index is 11.9. The van der Waals surface area contributed by atoms with Crippen LogP contribution in [0.5, 0.6) is 11.5 Å². The maximum Gasteiger partial charge on any atom is 0.161 e. The van der Waals surface area contributed by atoms with Gasteiger partial charge in [-0.25, -0.2) is 0 Å². The summed E-state index contributed by atoms with van der Waals surface area (Å²) in [4.78, 5) is 11.9. The molecule has 0 unspecified atom stereocenters. The summed E-state index contributed by atoms with van der Waals surface area (Å²) in [5, 5.41) is 9.56. The van der Waals surface area contributed by atoms with Crippen LogP contribution < -0.4 is 4.74 Å². The number of phenolic OH excluding ortho intramolecular Hbond substituents is 1. The molecule has 0 amide bonds. The van der Waals surface area contributed by atoms with E-state index in [0.717, 1.165) is 24.8 Å². The van der Waals surface area contributed by atoms with Crippen molar-refractivity contribution in [1.82, 2.24) is 0 Å². The van der Waals surface area contributed by atoms with Gasteiger partial charge >= 0.3 is 0 Å². The van der Waals surface area contributed by atoms with Crippen LogP contribution in [0.3, 0.4) is 0 Å². The molecular formula is C23H30O3. The molecule has 26 heavy (non-hydrogen) atoms. The van der Waals surface area contributed by atoms with Crippen LogP contribution in [0.1, 0.15) is 52.0 Å². The summed E-state index contributed by atoms with van der Waals surface area (Å²) in [5.74, 6) is 0.657. The molecule has 0 aromatic heterocycles. The predicted molar refractivity (Wildman–Crippen MR) is 109 cm³/mol. The SMILES string of the molecule is COc1cc(/C=C/C=C/C(=O)CC/C=C(\C)CCC=C(C)C)ccc1O. The van der Waals surface area contributed by atoms with E-state index in [-0.39, 0.29) is 11.5 Å². The highest BCUT2D eigenvalue weighted by Crippen LogP contribution is 2.26. The van der Waals surface area contributed by atoms with Crippen molar-refractivity contribution in [2.45, 2.75) is 46.5 Å². The Hall–Kier alpha value is -2.55. The first-order valence-corrected chi connectivity index (χ1v) is 8.96. The summed E-state index contributed by atoms with van der Waals surface area (Å²) in [6, 6.07) is 5.11. The molecule has 0 aliphatic rings. The molecule has 3 nitrogen and oxygen atoms in total. The van der Waals surface area contributed by atoms with E-state index in [9.17, 15) is 9.90 Å². The van der Waals surface area contributed by atoms with Gasteiger partial charge in [0, 0.05) is 6.42 Å². The number of methoxy groups -OCH3 is 1. The summed E-state index contributed by atoms with van der Waals surface area (Å²) in [6.45, 7) is 6.33. The van der Waals surface area contributed by atoms with Gasteiger partial charge in [-0.3, -0.25) is 4.79 Å². The van der Waals surface area contributed by atoms with Crippen LogP contribution in [0.15, 0.2) is 59.7 Å². The fraction of sp³-hybridized carbons (Fsp3) is 0.348. The number of benzene rings is 1. The third-order valence-corrected chi connectivity index (χ3v) is 3.86. The Labute approximate surface area is 157 Å². The lowest BCUT2D eigenvalue weighted by Gasteiger charge is -2.03. The number of hydrogen-bond donors (Lipinski definition) is 1. The first kappa shape index (κ1) is 21.5. The van der Waals surface area contributed by atoms with Crippen molar-refractivity contribution in [1.29, 1.82) is 0 Å². The van der Waals surface area contributed by atoms with Gasteiger partial charge in [0.25, 0.3) is 0 Å². The Morgan fingerprint density at radius 1 is 1.08 bits per heavy atom. The van der Waals surface area contributed by atoms with Crippen LogP contribution in [0.4, 0.5) is 0 Å². The molecule has 1 aromatic rings. The number of carbonyl (C=O) groups is 1. The van der Waals surface area contributed by atoms with Gasteiger partial charge in [-0.15, -0.1) is 0 Å². The van der Waals surface area contributed by atoms with E-state index in [4.69, 9.17) is 4.74 Å². The Kier molecular flexibility index (Phi) is 9.85. The molecule has 0 spiro atoms. The minimum Gasteiger partial charge on any atom is -0.504 e. The lowest BCUT2D eigenvalue weighted by atomic mass is 10.1. The zero-order valence-corrected chi connectivity index (χ0v) is 16.3. The van der Waals surface area contributed by atoms with Gasteiger partial charge < -0.3 is 9.84 Å². The second-order valence-electron chi connectivity index (χ2n) is 6.53. The lowest BCUT2D eigenvalue weighted by Crippen LogP contribution is -1.90. The Morgan fingerprint density at radius 3 is 2.50 bits per heavy atom. The highest BCUT2D eigenvalue weighted by molar-refractivity contribution is 5.90. The van der Waals surface area contributed by atoms with Crippen molar-refractivity contribution in [2.24, 2.45) is 0 Å². The molecular weight excluding hydrogens is 324 g/mol. The summed E-state index contributed by atoms with van der Waals surface area (Å²) >= 11 is 0. The maximum atomic E-state index is 11.9. The van der Waals surface area contributed by atoms with E-state index in [1.54, 1.807) is 30.4 Å². The fourth-order valence-corrected chi connectivity index (χ4v) is 2.36. The average Bonchev–Trinajstić information content (AvgIpc) is 2.59. The van der Waals surface area contributed by atoms with Crippen LogP contribution in [-0.2, 0) is 4.79 Å². The average molecular weight is 354 g/mol. The lowest BCUT2D eigenvalue weighted by molar-refractivity contribution is -0.114. The van der Waals surface area contributed by atoms with E-state index in [1.165, 1.54) is 18.3 Å². The van der Waals surface area contributed by atoms with E-state index in [1.807, 2.05) is 12.2 Å². The molecule has 0 saturated heterocycles. The monoisotopic (exact) mass is 354 g/mol. The molecule has 3 heteroatoms. The number of carbonyl (C=O) groups excluding carboxylic acids is 1. The molecule has 1 aromatic carbocycles. The van der Waals surface area contributed by atoms with Gasteiger partial charge in [-0.05, 0) is 63.8 Å². The number of ketones is 1. The molecule has 0 aliphatic heterocycles. The molecule has 0 bridgehead atoms. The quantitative estimate of drug-likeness (QED) is 0.318. The molecule has 1 rings (SSSR count). The number of phenols is 1. The number of hydrogen-bond acceptors (Lipinski definition) is 3. The normalized spacial score (nSPS) is 11.9. The Bertz CT molecular complexity index is 702. The van der Waals surface area contributed by atoms with Gasteiger partial charge in [-0.1, -0.05) is 47.6 Å². The largest absolute Gasteiger partial charge is 0.504 e. The van der Waals surface area contributed by atoms with Crippen LogP contribution in [0.25, 0.3) is 6.08 Å². The first-order chi connectivity index (χ1) is 12.4. The van der Waals surface area contributed by atoms with Crippen molar-refractivity contribution in [2.75, 3.05) is 7.11 Å². The first-order valence-electron chi connectivity index (χ1n) is 8.96. The zero-order chi connectivity index (χ0) is 19.4. The molecule has 0 fully saturated rings. The fourth-order valence-electron chi connectivity index (χ4n) is 2.36. The third kappa shape index (κ3) is 9.07. The number of rotatable bonds is 10. The van der Waals surface area contributed by atoms with Gasteiger partial charge in [-0.2, -0.15) is 0 Å². The van der Waals surface area contributed by atoms with Crippen molar-refractivity contribution >= 4 is 11.9 Å². The molecule has 0 radical (unpaired) electrons. The highest BCUT2D eigenvalue weighted by atomic mass is 16.5. The minimum absolute atomic E-state index is 0.111. The Morgan fingerprint density at radius 2 is 1.81 bits per heavy atom. The zero-order valence-electron chi connectivity index (χ0n) is 16.3. The highest BCUT2D eigenvalue weighted by Gasteiger charge is 2.00. The van der Waals surface area contributed by atoms with Crippen LogP contribution >= 0.6 is 0 Å². The van der Waals surface area contributed by atoms with E-state index < -0.39 is 0 Å². The third-order valence-electron chi connectivity index (χ3n) is 3.86. The van der Waals surface area contributed by atoms with Crippen LogP contribution in [-0.4, -0.2) is 18.0 Å². The summed E-state index contributed by atoms with van der Waals surface area (Å²) in [5.41, 5.74) is 3.57. The molecule has 0 heterocycles. The second-order valence-corrected chi connectivity index (χ2v) is 6.53. The predicted octanol–water partition coefficient (Wildman–Crippen LogP) is 6.01. The summed E-state index contributed by atoms with van der Waals surface area (Å²) < 4.78 is 5.07. The van der Waals surface area contributed by atoms with Gasteiger partial charge in [0.2, 0.25) is 0 Å². The summed E-state index contributed by atoms with van der Waals surface area (Å²) in [7, 11) is 1.51. The molecule has 1 N–H and O–H groups in total. The van der Waals surface area contributed by atoms with Gasteiger partial charge in [0.05, 0.1) is 7.11 Å². The van der Waals surface area contributed by atoms with Crippen molar-refractivity contribution in [3.63, 3.8) is 0 Å². The number of ether oxygens (including phenoxy) is 1. The number of allylic oxidation sites excluding steroid dienone is 7. The van der Waals surface area contributed by atoms with E-state index in [0.29, 0.717) is 12.2 Å². The molecule has 0 atom stereocenters. The molecule has 140 valence electrons. The van der Waals surface area contributed by atoms with Crippen molar-refractivity contribution in [3.05, 3.63) is 65.3 Å². The molecule has 0 aliphatic carbocycles. The Balaban J connectivity index is 2.39. The van der Waals surface area contributed by atoms with E-state index >= 15 is 0 Å². The minimum atomic E-state index is 0.111. The smallest absolute Gasteiger partial charge is 0.161 e. The van der Waals surface area contributed by atoms with Crippen molar-refractivity contribution in [3.8, 4) is 11.5 Å². The van der Waals surface area contributed by atoms with Crippen LogP contribution in [0.2, 0.25) is 0 Å². The summed E-state index contributed by atoms with van der Waals surface area (Å²) in [6.07, 6.45) is 14.8. The molecule has 0 saturated carbocycles. The van der Waals surface area contributed by atoms with E-state index in [2.05, 4.69) is 32.9 Å². The van der Waals surface area contributed by atoms with Crippen LogP contribution in [0, 0.1) is 0 Å². The second kappa shape index (κ2) is 11.9. The van der Waals surface area contributed by atoms with Gasteiger partial charge in [0.15, 0.2) is 17.3 Å². The standard InChI is InChI=1S/C23H30O3/c1-18(2)9-7-10-19(3)11-8-14-21(24)13-6-5-12-20-15-16-22(25)23(17-20)26-4/h5-6,9,11-13,15-17,25H,7-8,10,14H2,1-4H3/b12-5+,13-6+,19-11+. The van der Waals surface area contributed by atoms with Gasteiger partial charge in [0.1, 0.15) is 0 Å². The van der Waals surface area contributed by atoms with Crippen molar-refractivity contribution < 1.29 is 14.6 Å². The number of aromatic hydroxyl groups is 1. The topological polar surface area (TPSA) is 46.5 Å².